The number of ether oxygens (including phenoxy) is 1. The Kier molecular flexibility index (Phi) is 3.85. The van der Waals surface area contributed by atoms with Gasteiger partial charge in [0, 0.05) is 17.7 Å². The highest BCUT2D eigenvalue weighted by Crippen LogP contribution is 2.25. The van der Waals surface area contributed by atoms with Crippen LogP contribution in [0.25, 0.3) is 11.4 Å². The second-order valence-corrected chi connectivity index (χ2v) is 5.65. The number of hydrogen-bond donors (Lipinski definition) is 1. The van der Waals surface area contributed by atoms with E-state index in [2.05, 4.69) is 4.98 Å². The molecule has 0 unspecified atom stereocenters. The standard InChI is InChI=1S/C14H16N4O4/c1-14(2,3)22-13(19)17-8-11(15)16-12(17)9-5-4-6-10(7-9)18(20)21/h4-8H,15H2,1-3H3. The van der Waals surface area contributed by atoms with Crippen molar-refractivity contribution in [3.8, 4) is 11.4 Å². The van der Waals surface area contributed by atoms with Crippen molar-refractivity contribution in [1.82, 2.24) is 9.55 Å². The number of nitrogen functional groups attached to an aromatic ring is 1. The van der Waals surface area contributed by atoms with E-state index >= 15 is 0 Å². The zero-order chi connectivity index (χ0) is 16.5. The summed E-state index contributed by atoms with van der Waals surface area (Å²) in [4.78, 5) is 26.6. The Morgan fingerprint density at radius 1 is 1.41 bits per heavy atom. The molecule has 0 aliphatic heterocycles. The summed E-state index contributed by atoms with van der Waals surface area (Å²) in [7, 11) is 0. The van der Waals surface area contributed by atoms with Crippen LogP contribution in [-0.2, 0) is 4.74 Å². The summed E-state index contributed by atoms with van der Waals surface area (Å²) in [5.74, 6) is 0.308. The first-order valence-corrected chi connectivity index (χ1v) is 6.50. The van der Waals surface area contributed by atoms with E-state index in [1.165, 1.54) is 24.4 Å². The van der Waals surface area contributed by atoms with Crippen LogP contribution in [0.5, 0.6) is 0 Å². The topological polar surface area (TPSA) is 113 Å². The summed E-state index contributed by atoms with van der Waals surface area (Å²) in [6.07, 6.45) is 0.667. The van der Waals surface area contributed by atoms with Gasteiger partial charge in [0.15, 0.2) is 5.82 Å². The first-order valence-electron chi connectivity index (χ1n) is 6.50. The fourth-order valence-electron chi connectivity index (χ4n) is 1.81. The maximum Gasteiger partial charge on any atom is 0.420 e. The van der Waals surface area contributed by atoms with Crippen molar-refractivity contribution >= 4 is 17.6 Å². The largest absolute Gasteiger partial charge is 0.443 e. The van der Waals surface area contributed by atoms with Gasteiger partial charge >= 0.3 is 6.09 Å². The minimum absolute atomic E-state index is 0.102. The highest BCUT2D eigenvalue weighted by Gasteiger charge is 2.22. The number of anilines is 1. The van der Waals surface area contributed by atoms with Gasteiger partial charge in [-0.3, -0.25) is 10.1 Å². The van der Waals surface area contributed by atoms with E-state index in [9.17, 15) is 14.9 Å². The number of benzene rings is 1. The van der Waals surface area contributed by atoms with Gasteiger partial charge in [0.1, 0.15) is 11.4 Å². The number of nitrogens with two attached hydrogens (primary N) is 1. The molecule has 8 nitrogen and oxygen atoms in total. The molecule has 0 atom stereocenters. The average Bonchev–Trinajstić information content (AvgIpc) is 2.79. The number of aromatic nitrogens is 2. The lowest BCUT2D eigenvalue weighted by molar-refractivity contribution is -0.384. The Morgan fingerprint density at radius 2 is 2.09 bits per heavy atom. The lowest BCUT2D eigenvalue weighted by atomic mass is 10.2. The second kappa shape index (κ2) is 5.47. The number of carbonyl (C=O) groups excluding carboxylic acids is 1. The van der Waals surface area contributed by atoms with Crippen molar-refractivity contribution in [3.05, 3.63) is 40.6 Å². The molecule has 2 aromatic rings. The Balaban J connectivity index is 2.46. The quantitative estimate of drug-likeness (QED) is 0.674. The molecule has 1 heterocycles. The Morgan fingerprint density at radius 3 is 2.68 bits per heavy atom. The van der Waals surface area contributed by atoms with E-state index in [-0.39, 0.29) is 17.3 Å². The van der Waals surface area contributed by atoms with E-state index in [1.54, 1.807) is 26.8 Å². The Labute approximate surface area is 126 Å². The van der Waals surface area contributed by atoms with Gasteiger partial charge in [-0.25, -0.2) is 14.3 Å². The predicted molar refractivity (Wildman–Crippen MR) is 80.4 cm³/mol. The normalized spacial score (nSPS) is 11.2. The lowest BCUT2D eigenvalue weighted by Crippen LogP contribution is -2.27. The molecule has 116 valence electrons. The monoisotopic (exact) mass is 304 g/mol. The van der Waals surface area contributed by atoms with Gasteiger partial charge in [-0.15, -0.1) is 0 Å². The van der Waals surface area contributed by atoms with Crippen LogP contribution in [0.1, 0.15) is 20.8 Å². The van der Waals surface area contributed by atoms with Crippen LogP contribution >= 0.6 is 0 Å². The number of imidazole rings is 1. The average molecular weight is 304 g/mol. The number of rotatable bonds is 2. The third kappa shape index (κ3) is 3.40. The third-order valence-electron chi connectivity index (χ3n) is 2.63. The molecule has 0 fully saturated rings. The van der Waals surface area contributed by atoms with Crippen LogP contribution < -0.4 is 5.73 Å². The van der Waals surface area contributed by atoms with Crippen LogP contribution in [0, 0.1) is 10.1 Å². The Hall–Kier alpha value is -2.90. The van der Waals surface area contributed by atoms with Crippen LogP contribution in [-0.4, -0.2) is 26.2 Å². The lowest BCUT2D eigenvalue weighted by Gasteiger charge is -2.20. The number of nitro groups is 1. The molecule has 1 aromatic carbocycles. The molecule has 8 heteroatoms. The van der Waals surface area contributed by atoms with Crippen LogP contribution in [0.3, 0.4) is 0 Å². The van der Waals surface area contributed by atoms with Crippen LogP contribution in [0.15, 0.2) is 30.5 Å². The number of nitrogens with zero attached hydrogens (tertiary/aromatic N) is 3. The molecule has 0 saturated heterocycles. The van der Waals surface area contributed by atoms with Crippen molar-refractivity contribution in [1.29, 1.82) is 0 Å². The molecule has 0 spiro atoms. The number of hydrogen-bond acceptors (Lipinski definition) is 6. The van der Waals surface area contributed by atoms with E-state index in [4.69, 9.17) is 10.5 Å². The van der Waals surface area contributed by atoms with Gasteiger partial charge in [0.05, 0.1) is 11.1 Å². The molecule has 0 bridgehead atoms. The predicted octanol–water partition coefficient (Wildman–Crippen LogP) is 2.82. The minimum atomic E-state index is -0.684. The van der Waals surface area contributed by atoms with E-state index < -0.39 is 16.6 Å². The smallest absolute Gasteiger partial charge is 0.420 e. The van der Waals surface area contributed by atoms with Crippen LogP contribution in [0.2, 0.25) is 0 Å². The summed E-state index contributed by atoms with van der Waals surface area (Å²) in [6.45, 7) is 5.20. The summed E-state index contributed by atoms with van der Waals surface area (Å²) in [5, 5.41) is 10.9. The zero-order valence-corrected chi connectivity index (χ0v) is 12.4. The molecule has 1 aromatic heterocycles. The van der Waals surface area contributed by atoms with Crippen molar-refractivity contribution in [2.45, 2.75) is 26.4 Å². The van der Waals surface area contributed by atoms with Gasteiger partial charge in [-0.2, -0.15) is 0 Å². The highest BCUT2D eigenvalue weighted by atomic mass is 16.6. The van der Waals surface area contributed by atoms with Crippen molar-refractivity contribution in [2.24, 2.45) is 0 Å². The van der Waals surface area contributed by atoms with Gasteiger partial charge < -0.3 is 10.5 Å². The maximum absolute atomic E-state index is 12.2. The third-order valence-corrected chi connectivity index (χ3v) is 2.63. The number of non-ortho nitro benzene ring substituents is 1. The van der Waals surface area contributed by atoms with E-state index in [1.807, 2.05) is 0 Å². The van der Waals surface area contributed by atoms with Gasteiger partial charge in [0.25, 0.3) is 5.69 Å². The van der Waals surface area contributed by atoms with Crippen molar-refractivity contribution in [2.75, 3.05) is 5.73 Å². The summed E-state index contributed by atoms with van der Waals surface area (Å²) < 4.78 is 6.41. The summed E-state index contributed by atoms with van der Waals surface area (Å²) in [5.41, 5.74) is 5.26. The maximum atomic E-state index is 12.2. The first kappa shape index (κ1) is 15.5. The first-order chi connectivity index (χ1) is 10.2. The van der Waals surface area contributed by atoms with Crippen molar-refractivity contribution < 1.29 is 14.5 Å². The van der Waals surface area contributed by atoms with Gasteiger partial charge in [0.2, 0.25) is 0 Å². The molecule has 22 heavy (non-hydrogen) atoms. The summed E-state index contributed by atoms with van der Waals surface area (Å²) >= 11 is 0. The Bertz CT molecular complexity index is 731. The molecule has 0 saturated carbocycles. The van der Waals surface area contributed by atoms with Gasteiger partial charge in [-0.05, 0) is 20.8 Å². The highest BCUT2D eigenvalue weighted by molar-refractivity contribution is 5.78. The van der Waals surface area contributed by atoms with Crippen molar-refractivity contribution in [3.63, 3.8) is 0 Å². The molecule has 0 amide bonds. The molecule has 0 aliphatic rings. The molecule has 2 N–H and O–H groups in total. The molecule has 0 aliphatic carbocycles. The zero-order valence-electron chi connectivity index (χ0n) is 12.4. The summed E-state index contributed by atoms with van der Waals surface area (Å²) in [6, 6.07) is 5.80. The van der Waals surface area contributed by atoms with E-state index in [0.29, 0.717) is 5.56 Å². The molecular weight excluding hydrogens is 288 g/mol. The minimum Gasteiger partial charge on any atom is -0.443 e. The van der Waals surface area contributed by atoms with Crippen LogP contribution in [0.4, 0.5) is 16.3 Å². The SMILES string of the molecule is CC(C)(C)OC(=O)n1cc(N)nc1-c1cccc([N+](=O)[O-])c1. The number of nitro benzene ring substituents is 1. The fourth-order valence-corrected chi connectivity index (χ4v) is 1.81. The number of carbonyl (C=O) groups is 1. The molecular formula is C14H16N4O4. The van der Waals surface area contributed by atoms with E-state index in [0.717, 1.165) is 4.57 Å². The molecule has 2 rings (SSSR count). The second-order valence-electron chi connectivity index (χ2n) is 5.65. The fraction of sp³-hybridized carbons (Fsp3) is 0.286. The van der Waals surface area contributed by atoms with Gasteiger partial charge in [-0.1, -0.05) is 12.1 Å². The molecule has 0 radical (unpaired) electrons.